The van der Waals surface area contributed by atoms with Crippen molar-refractivity contribution < 1.29 is 0 Å². The molecular formula is C9H21N3. The molecule has 0 aromatic carbocycles. The van der Waals surface area contributed by atoms with E-state index in [9.17, 15) is 0 Å². The fourth-order valence-corrected chi connectivity index (χ4v) is 1.41. The van der Waals surface area contributed by atoms with Gasteiger partial charge in [-0.15, -0.1) is 0 Å². The van der Waals surface area contributed by atoms with Crippen LogP contribution in [0.4, 0.5) is 0 Å². The van der Waals surface area contributed by atoms with Crippen LogP contribution in [0.3, 0.4) is 0 Å². The van der Waals surface area contributed by atoms with E-state index in [0.29, 0.717) is 0 Å². The van der Waals surface area contributed by atoms with Gasteiger partial charge in [0.2, 0.25) is 0 Å². The van der Waals surface area contributed by atoms with Crippen molar-refractivity contribution in [3.8, 4) is 0 Å². The first-order chi connectivity index (χ1) is 5.47. The molecule has 0 radical (unpaired) electrons. The number of hydrogen-bond donors (Lipinski definition) is 1. The fourth-order valence-electron chi connectivity index (χ4n) is 1.41. The Bertz CT molecular complexity index is 148. The van der Waals surface area contributed by atoms with Crippen LogP contribution in [0.25, 0.3) is 0 Å². The number of nitrogens with two attached hydrogens (primary N) is 1. The monoisotopic (exact) mass is 171 g/mol. The summed E-state index contributed by atoms with van der Waals surface area (Å²) in [5, 5.41) is 0. The summed E-state index contributed by atoms with van der Waals surface area (Å²) in [7, 11) is 4.27. The predicted octanol–water partition coefficient (Wildman–Crippen LogP) is -0.0305. The highest BCUT2D eigenvalue weighted by atomic mass is 15.3. The van der Waals surface area contributed by atoms with Crippen LogP contribution in [0.15, 0.2) is 0 Å². The molecule has 0 saturated carbocycles. The molecule has 0 aromatic rings. The number of rotatable bonds is 3. The molecular weight excluding hydrogens is 150 g/mol. The van der Waals surface area contributed by atoms with Crippen molar-refractivity contribution in [2.45, 2.75) is 25.4 Å². The van der Waals surface area contributed by atoms with Crippen molar-refractivity contribution in [3.05, 3.63) is 0 Å². The zero-order chi connectivity index (χ0) is 9.35. The fraction of sp³-hybridized carbons (Fsp3) is 1.00. The SMILES string of the molecule is CN(C)C1CN(C(C)(C)CN)C1. The lowest BCUT2D eigenvalue weighted by Gasteiger charge is -2.50. The number of likely N-dealkylation sites (N-methyl/N-ethyl adjacent to an activating group) is 1. The van der Waals surface area contributed by atoms with Crippen molar-refractivity contribution in [1.82, 2.24) is 9.80 Å². The Hall–Kier alpha value is -0.120. The summed E-state index contributed by atoms with van der Waals surface area (Å²) >= 11 is 0. The second kappa shape index (κ2) is 3.32. The molecule has 0 amide bonds. The Kier molecular flexibility index (Phi) is 2.76. The van der Waals surface area contributed by atoms with E-state index in [1.807, 2.05) is 0 Å². The molecule has 0 bridgehead atoms. The smallest absolute Gasteiger partial charge is 0.0344 e. The Balaban J connectivity index is 2.34. The quantitative estimate of drug-likeness (QED) is 0.647. The van der Waals surface area contributed by atoms with Gasteiger partial charge in [0.25, 0.3) is 0 Å². The summed E-state index contributed by atoms with van der Waals surface area (Å²) in [6.45, 7) is 7.49. The number of nitrogens with zero attached hydrogens (tertiary/aromatic N) is 2. The van der Waals surface area contributed by atoms with Crippen LogP contribution in [0, 0.1) is 0 Å². The van der Waals surface area contributed by atoms with Gasteiger partial charge in [-0.25, -0.2) is 0 Å². The Morgan fingerprint density at radius 2 is 1.92 bits per heavy atom. The van der Waals surface area contributed by atoms with Crippen LogP contribution in [-0.4, -0.2) is 55.1 Å². The van der Waals surface area contributed by atoms with Gasteiger partial charge < -0.3 is 10.6 Å². The zero-order valence-electron chi connectivity index (χ0n) is 8.67. The van der Waals surface area contributed by atoms with Gasteiger partial charge in [-0.05, 0) is 27.9 Å². The van der Waals surface area contributed by atoms with Crippen LogP contribution >= 0.6 is 0 Å². The first-order valence-electron chi connectivity index (χ1n) is 4.59. The molecule has 0 aromatic heterocycles. The highest BCUT2D eigenvalue weighted by Gasteiger charge is 2.36. The minimum absolute atomic E-state index is 0.187. The molecule has 0 aliphatic carbocycles. The number of likely N-dealkylation sites (tertiary alicyclic amines) is 1. The normalized spacial score (nSPS) is 21.5. The van der Waals surface area contributed by atoms with E-state index in [-0.39, 0.29) is 5.54 Å². The summed E-state index contributed by atoms with van der Waals surface area (Å²) in [6, 6.07) is 0.732. The molecule has 3 heteroatoms. The third kappa shape index (κ3) is 1.79. The second-order valence-electron chi connectivity index (χ2n) is 4.54. The molecule has 1 heterocycles. The maximum atomic E-state index is 5.68. The predicted molar refractivity (Wildman–Crippen MR) is 52.2 cm³/mol. The van der Waals surface area contributed by atoms with Crippen LogP contribution in [-0.2, 0) is 0 Å². The van der Waals surface area contributed by atoms with Crippen LogP contribution < -0.4 is 5.73 Å². The molecule has 1 fully saturated rings. The summed E-state index contributed by atoms with van der Waals surface area (Å²) in [5.74, 6) is 0. The van der Waals surface area contributed by atoms with Crippen molar-refractivity contribution in [1.29, 1.82) is 0 Å². The lowest BCUT2D eigenvalue weighted by Crippen LogP contribution is -2.65. The standard InChI is InChI=1S/C9H21N3/c1-9(2,7-10)12-5-8(6-12)11(3)4/h8H,5-7,10H2,1-4H3. The zero-order valence-corrected chi connectivity index (χ0v) is 8.67. The van der Waals surface area contributed by atoms with E-state index in [2.05, 4.69) is 37.7 Å². The molecule has 0 spiro atoms. The molecule has 0 unspecified atom stereocenters. The Morgan fingerprint density at radius 1 is 1.42 bits per heavy atom. The highest BCUT2D eigenvalue weighted by molar-refractivity contribution is 4.95. The molecule has 2 N–H and O–H groups in total. The van der Waals surface area contributed by atoms with E-state index in [4.69, 9.17) is 5.73 Å². The van der Waals surface area contributed by atoms with Crippen molar-refractivity contribution in [2.24, 2.45) is 5.73 Å². The third-order valence-corrected chi connectivity index (χ3v) is 2.95. The maximum absolute atomic E-state index is 5.68. The lowest BCUT2D eigenvalue weighted by atomic mass is 9.95. The van der Waals surface area contributed by atoms with Crippen molar-refractivity contribution in [3.63, 3.8) is 0 Å². The van der Waals surface area contributed by atoms with E-state index >= 15 is 0 Å². The largest absolute Gasteiger partial charge is 0.329 e. The van der Waals surface area contributed by atoms with Gasteiger partial charge in [-0.3, -0.25) is 4.90 Å². The van der Waals surface area contributed by atoms with E-state index in [1.165, 1.54) is 0 Å². The third-order valence-electron chi connectivity index (χ3n) is 2.95. The molecule has 72 valence electrons. The average Bonchev–Trinajstić information content (AvgIpc) is 1.82. The Labute approximate surface area is 75.5 Å². The van der Waals surface area contributed by atoms with Gasteiger partial charge in [-0.2, -0.15) is 0 Å². The highest BCUT2D eigenvalue weighted by Crippen LogP contribution is 2.22. The van der Waals surface area contributed by atoms with Gasteiger partial charge in [0.15, 0.2) is 0 Å². The average molecular weight is 171 g/mol. The van der Waals surface area contributed by atoms with E-state index in [0.717, 1.165) is 25.7 Å². The molecule has 1 rings (SSSR count). The summed E-state index contributed by atoms with van der Waals surface area (Å²) in [4.78, 5) is 4.72. The first kappa shape index (κ1) is 9.96. The van der Waals surface area contributed by atoms with Crippen LogP contribution in [0.2, 0.25) is 0 Å². The molecule has 1 aliphatic heterocycles. The molecule has 1 aliphatic rings. The van der Waals surface area contributed by atoms with Gasteiger partial charge in [0.05, 0.1) is 0 Å². The molecule has 3 nitrogen and oxygen atoms in total. The summed E-state index contributed by atoms with van der Waals surface area (Å²) in [5.41, 5.74) is 5.87. The van der Waals surface area contributed by atoms with E-state index in [1.54, 1.807) is 0 Å². The summed E-state index contributed by atoms with van der Waals surface area (Å²) < 4.78 is 0. The van der Waals surface area contributed by atoms with Crippen molar-refractivity contribution >= 4 is 0 Å². The van der Waals surface area contributed by atoms with Crippen LogP contribution in [0.5, 0.6) is 0 Å². The minimum atomic E-state index is 0.187. The molecule has 0 atom stereocenters. The topological polar surface area (TPSA) is 32.5 Å². The molecule has 12 heavy (non-hydrogen) atoms. The maximum Gasteiger partial charge on any atom is 0.0344 e. The van der Waals surface area contributed by atoms with Crippen molar-refractivity contribution in [2.75, 3.05) is 33.7 Å². The van der Waals surface area contributed by atoms with Gasteiger partial charge in [0.1, 0.15) is 0 Å². The van der Waals surface area contributed by atoms with Gasteiger partial charge >= 0.3 is 0 Å². The van der Waals surface area contributed by atoms with Crippen LogP contribution in [0.1, 0.15) is 13.8 Å². The lowest BCUT2D eigenvalue weighted by molar-refractivity contribution is -0.00842. The Morgan fingerprint density at radius 3 is 2.25 bits per heavy atom. The van der Waals surface area contributed by atoms with Gasteiger partial charge in [0, 0.05) is 31.2 Å². The molecule has 1 saturated heterocycles. The number of hydrogen-bond acceptors (Lipinski definition) is 3. The van der Waals surface area contributed by atoms with E-state index < -0.39 is 0 Å². The van der Waals surface area contributed by atoms with Gasteiger partial charge in [-0.1, -0.05) is 0 Å². The minimum Gasteiger partial charge on any atom is -0.329 e. The first-order valence-corrected chi connectivity index (χ1v) is 4.59. The second-order valence-corrected chi connectivity index (χ2v) is 4.54. The summed E-state index contributed by atoms with van der Waals surface area (Å²) in [6.07, 6.45) is 0.